The Hall–Kier alpha value is -1.81. The quantitative estimate of drug-likeness (QED) is 0.734. The Morgan fingerprint density at radius 3 is 2.88 bits per heavy atom. The summed E-state index contributed by atoms with van der Waals surface area (Å²) in [5, 5.41) is 18.6. The Balaban J connectivity index is 2.43. The van der Waals surface area contributed by atoms with Crippen LogP contribution in [0.5, 0.6) is 0 Å². The van der Waals surface area contributed by atoms with E-state index in [1.807, 2.05) is 6.20 Å². The molecule has 0 atom stereocenters. The number of fused-ring (bicyclic) bond motifs is 1. The second-order valence-electron chi connectivity index (χ2n) is 3.71. The third kappa shape index (κ3) is 1.92. The molecule has 16 heavy (non-hydrogen) atoms. The van der Waals surface area contributed by atoms with Crippen LogP contribution in [0.4, 0.5) is 0 Å². The highest BCUT2D eigenvalue weighted by Crippen LogP contribution is 2.21. The number of aromatic carboxylic acids is 1. The molecular weight excluding hydrogens is 206 g/mol. The lowest BCUT2D eigenvalue weighted by Gasteiger charge is -1.98. The number of carboxylic acid groups (broad SMARTS) is 1. The van der Waals surface area contributed by atoms with E-state index in [1.54, 1.807) is 18.2 Å². The minimum absolute atomic E-state index is 0.144. The van der Waals surface area contributed by atoms with Crippen molar-refractivity contribution in [3.63, 3.8) is 0 Å². The molecule has 0 bridgehead atoms. The normalized spacial score (nSPS) is 10.8. The Bertz CT molecular complexity index is 516. The third-order valence-corrected chi connectivity index (χ3v) is 2.62. The summed E-state index contributed by atoms with van der Waals surface area (Å²) in [5.41, 5.74) is 2.27. The molecular formula is C12H13NO3. The van der Waals surface area contributed by atoms with Crippen molar-refractivity contribution in [2.24, 2.45) is 0 Å². The van der Waals surface area contributed by atoms with Gasteiger partial charge < -0.3 is 15.2 Å². The summed E-state index contributed by atoms with van der Waals surface area (Å²) in [6, 6.07) is 5.01. The van der Waals surface area contributed by atoms with Gasteiger partial charge in [0.2, 0.25) is 0 Å². The number of benzene rings is 1. The first-order valence-electron chi connectivity index (χ1n) is 5.16. The predicted molar refractivity (Wildman–Crippen MR) is 60.7 cm³/mol. The number of aromatic nitrogens is 1. The van der Waals surface area contributed by atoms with E-state index in [0.29, 0.717) is 6.42 Å². The van der Waals surface area contributed by atoms with Crippen molar-refractivity contribution in [1.82, 2.24) is 4.98 Å². The SMILES string of the molecule is O=C(O)c1ccc2[nH]cc(CCCO)c2c1. The molecule has 0 aliphatic rings. The molecule has 0 aliphatic heterocycles. The van der Waals surface area contributed by atoms with Crippen molar-refractivity contribution in [2.45, 2.75) is 12.8 Å². The number of aliphatic hydroxyl groups excluding tert-OH is 1. The van der Waals surface area contributed by atoms with E-state index in [-0.39, 0.29) is 12.2 Å². The first-order chi connectivity index (χ1) is 7.72. The highest BCUT2D eigenvalue weighted by molar-refractivity contribution is 5.94. The van der Waals surface area contributed by atoms with Crippen LogP contribution in [0.1, 0.15) is 22.3 Å². The maximum Gasteiger partial charge on any atom is 0.335 e. The van der Waals surface area contributed by atoms with Gasteiger partial charge in [-0.2, -0.15) is 0 Å². The van der Waals surface area contributed by atoms with E-state index >= 15 is 0 Å². The van der Waals surface area contributed by atoms with E-state index in [0.717, 1.165) is 22.9 Å². The van der Waals surface area contributed by atoms with Crippen LogP contribution in [0.3, 0.4) is 0 Å². The number of hydrogen-bond acceptors (Lipinski definition) is 2. The molecule has 1 aromatic heterocycles. The first kappa shape index (κ1) is 10.7. The summed E-state index contributed by atoms with van der Waals surface area (Å²) in [6.07, 6.45) is 3.30. The Morgan fingerprint density at radius 2 is 2.19 bits per heavy atom. The Labute approximate surface area is 92.5 Å². The molecule has 4 heteroatoms. The van der Waals surface area contributed by atoms with Gasteiger partial charge in [-0.05, 0) is 36.6 Å². The Kier molecular flexibility index (Phi) is 2.92. The van der Waals surface area contributed by atoms with Crippen molar-refractivity contribution in [3.05, 3.63) is 35.5 Å². The Morgan fingerprint density at radius 1 is 1.38 bits per heavy atom. The van der Waals surface area contributed by atoms with Gasteiger partial charge in [0.05, 0.1) is 5.56 Å². The molecule has 1 aromatic carbocycles. The van der Waals surface area contributed by atoms with Gasteiger partial charge in [-0.25, -0.2) is 4.79 Å². The minimum atomic E-state index is -0.920. The summed E-state index contributed by atoms with van der Waals surface area (Å²) in [5.74, 6) is -0.920. The van der Waals surface area contributed by atoms with Crippen molar-refractivity contribution in [1.29, 1.82) is 0 Å². The predicted octanol–water partition coefficient (Wildman–Crippen LogP) is 1.79. The van der Waals surface area contributed by atoms with E-state index in [1.165, 1.54) is 0 Å². The van der Waals surface area contributed by atoms with Crippen LogP contribution in [-0.4, -0.2) is 27.8 Å². The molecule has 3 N–H and O–H groups in total. The van der Waals surface area contributed by atoms with Gasteiger partial charge in [0.1, 0.15) is 0 Å². The van der Waals surface area contributed by atoms with Crippen LogP contribution in [0, 0.1) is 0 Å². The molecule has 0 saturated heterocycles. The molecule has 84 valence electrons. The average molecular weight is 219 g/mol. The minimum Gasteiger partial charge on any atom is -0.478 e. The van der Waals surface area contributed by atoms with Gasteiger partial charge in [0, 0.05) is 23.7 Å². The lowest BCUT2D eigenvalue weighted by Crippen LogP contribution is -1.95. The molecule has 0 radical (unpaired) electrons. The summed E-state index contributed by atoms with van der Waals surface area (Å²) >= 11 is 0. The van der Waals surface area contributed by atoms with Crippen LogP contribution < -0.4 is 0 Å². The highest BCUT2D eigenvalue weighted by Gasteiger charge is 2.07. The fourth-order valence-electron chi connectivity index (χ4n) is 1.79. The fourth-order valence-corrected chi connectivity index (χ4v) is 1.79. The number of rotatable bonds is 4. The largest absolute Gasteiger partial charge is 0.478 e. The van der Waals surface area contributed by atoms with Crippen LogP contribution in [0.15, 0.2) is 24.4 Å². The molecule has 0 spiro atoms. The van der Waals surface area contributed by atoms with Crippen LogP contribution in [-0.2, 0) is 6.42 Å². The van der Waals surface area contributed by atoms with Gasteiger partial charge in [-0.15, -0.1) is 0 Å². The van der Waals surface area contributed by atoms with Gasteiger partial charge in [0.15, 0.2) is 0 Å². The number of nitrogens with one attached hydrogen (secondary N) is 1. The maximum atomic E-state index is 10.8. The number of aliphatic hydroxyl groups is 1. The zero-order valence-electron chi connectivity index (χ0n) is 8.73. The summed E-state index contributed by atoms with van der Waals surface area (Å²) in [7, 11) is 0. The second-order valence-corrected chi connectivity index (χ2v) is 3.71. The summed E-state index contributed by atoms with van der Waals surface area (Å²) in [4.78, 5) is 13.9. The molecule has 2 rings (SSSR count). The van der Waals surface area contributed by atoms with Crippen LogP contribution in [0.2, 0.25) is 0 Å². The van der Waals surface area contributed by atoms with E-state index < -0.39 is 5.97 Å². The van der Waals surface area contributed by atoms with Gasteiger partial charge in [-0.3, -0.25) is 0 Å². The number of aryl methyl sites for hydroxylation is 1. The van der Waals surface area contributed by atoms with Crippen molar-refractivity contribution < 1.29 is 15.0 Å². The maximum absolute atomic E-state index is 10.8. The van der Waals surface area contributed by atoms with Gasteiger partial charge >= 0.3 is 5.97 Å². The number of aromatic amines is 1. The number of carbonyl (C=O) groups is 1. The molecule has 1 heterocycles. The highest BCUT2D eigenvalue weighted by atomic mass is 16.4. The van der Waals surface area contributed by atoms with Gasteiger partial charge in [-0.1, -0.05) is 0 Å². The number of carboxylic acids is 1. The van der Waals surface area contributed by atoms with Crippen molar-refractivity contribution in [2.75, 3.05) is 6.61 Å². The lowest BCUT2D eigenvalue weighted by atomic mass is 10.1. The number of hydrogen-bond donors (Lipinski definition) is 3. The standard InChI is InChI=1S/C12H13NO3/c14-5-1-2-9-7-13-11-4-3-8(12(15)16)6-10(9)11/h3-4,6-7,13-14H,1-2,5H2,(H,15,16). The lowest BCUT2D eigenvalue weighted by molar-refractivity contribution is 0.0697. The smallest absolute Gasteiger partial charge is 0.335 e. The number of H-pyrrole nitrogens is 1. The molecule has 0 amide bonds. The van der Waals surface area contributed by atoms with E-state index in [9.17, 15) is 4.79 Å². The fraction of sp³-hybridized carbons (Fsp3) is 0.250. The molecule has 0 saturated carbocycles. The molecule has 0 fully saturated rings. The molecule has 4 nitrogen and oxygen atoms in total. The third-order valence-electron chi connectivity index (χ3n) is 2.62. The average Bonchev–Trinajstić information content (AvgIpc) is 2.68. The molecule has 0 unspecified atom stereocenters. The van der Waals surface area contributed by atoms with E-state index in [4.69, 9.17) is 10.2 Å². The zero-order valence-corrected chi connectivity index (χ0v) is 8.73. The monoisotopic (exact) mass is 219 g/mol. The van der Waals surface area contributed by atoms with Gasteiger partial charge in [0.25, 0.3) is 0 Å². The zero-order chi connectivity index (χ0) is 11.5. The van der Waals surface area contributed by atoms with Crippen LogP contribution >= 0.6 is 0 Å². The summed E-state index contributed by atoms with van der Waals surface area (Å²) in [6.45, 7) is 0.144. The molecule has 2 aromatic rings. The van der Waals surface area contributed by atoms with E-state index in [2.05, 4.69) is 4.98 Å². The topological polar surface area (TPSA) is 73.3 Å². The van der Waals surface area contributed by atoms with Crippen LogP contribution in [0.25, 0.3) is 10.9 Å². The first-order valence-corrected chi connectivity index (χ1v) is 5.16. The second kappa shape index (κ2) is 4.37. The summed E-state index contributed by atoms with van der Waals surface area (Å²) < 4.78 is 0. The molecule has 0 aliphatic carbocycles. The van der Waals surface area contributed by atoms with Crippen molar-refractivity contribution in [3.8, 4) is 0 Å². The van der Waals surface area contributed by atoms with Crippen molar-refractivity contribution >= 4 is 16.9 Å².